The molecule has 3 heterocycles. The number of hydrogen-bond acceptors (Lipinski definition) is 7. The van der Waals surface area contributed by atoms with Gasteiger partial charge in [-0.15, -0.1) is 0 Å². The SMILES string of the molecule is CC(=O)Oc1c2c(c(CC=C(C)C)c3c1C(=O)C1=CC4CC5C(C)(C)OC(CC=C(C)C)(C4=O)C15O3)OC(C)(C)C=C2. The van der Waals surface area contributed by atoms with Gasteiger partial charge in [0.2, 0.25) is 0 Å². The number of carbonyl (C=O) groups excluding carboxylic acids is 3. The zero-order chi connectivity index (χ0) is 30.6. The van der Waals surface area contributed by atoms with Crippen LogP contribution in [-0.2, 0) is 20.7 Å². The van der Waals surface area contributed by atoms with E-state index in [1.54, 1.807) is 6.08 Å². The van der Waals surface area contributed by atoms with E-state index in [0.29, 0.717) is 47.5 Å². The average molecular weight is 573 g/mol. The Morgan fingerprint density at radius 1 is 1.00 bits per heavy atom. The van der Waals surface area contributed by atoms with Crippen LogP contribution in [0, 0.1) is 11.8 Å². The third kappa shape index (κ3) is 3.78. The molecule has 0 N–H and O–H groups in total. The highest BCUT2D eigenvalue weighted by Gasteiger charge is 2.81. The first kappa shape index (κ1) is 28.7. The van der Waals surface area contributed by atoms with Crippen molar-refractivity contribution in [1.29, 1.82) is 0 Å². The van der Waals surface area contributed by atoms with Crippen LogP contribution in [0.15, 0.2) is 41.0 Å². The van der Waals surface area contributed by atoms with E-state index in [1.165, 1.54) is 6.92 Å². The molecule has 1 saturated heterocycles. The number of esters is 1. The van der Waals surface area contributed by atoms with Crippen LogP contribution < -0.4 is 14.2 Å². The molecule has 4 bridgehead atoms. The van der Waals surface area contributed by atoms with E-state index < -0.39 is 34.3 Å². The Morgan fingerprint density at radius 3 is 2.33 bits per heavy atom. The van der Waals surface area contributed by atoms with Gasteiger partial charge in [0, 0.05) is 36.3 Å². The summed E-state index contributed by atoms with van der Waals surface area (Å²) in [6, 6.07) is 0. The minimum Gasteiger partial charge on any atom is -0.483 e. The van der Waals surface area contributed by atoms with Gasteiger partial charge in [-0.1, -0.05) is 29.4 Å². The summed E-state index contributed by atoms with van der Waals surface area (Å²) in [4.78, 5) is 41.6. The maximum absolute atomic E-state index is 14.9. The van der Waals surface area contributed by atoms with Crippen LogP contribution >= 0.6 is 0 Å². The summed E-state index contributed by atoms with van der Waals surface area (Å²) in [6.45, 7) is 17.2. The number of carbonyl (C=O) groups is 3. The average Bonchev–Trinajstić information content (AvgIpc) is 3.03. The fourth-order valence-corrected chi connectivity index (χ4v) is 7.64. The molecule has 7 rings (SSSR count). The zero-order valence-electron chi connectivity index (χ0n) is 26.0. The molecule has 1 saturated carbocycles. The van der Waals surface area contributed by atoms with Gasteiger partial charge in [0.05, 0.1) is 11.2 Å². The zero-order valence-corrected chi connectivity index (χ0v) is 26.0. The van der Waals surface area contributed by atoms with Crippen LogP contribution in [-0.4, -0.2) is 39.9 Å². The van der Waals surface area contributed by atoms with Crippen molar-refractivity contribution < 1.29 is 33.3 Å². The molecule has 7 heteroatoms. The Morgan fingerprint density at radius 2 is 1.69 bits per heavy atom. The maximum Gasteiger partial charge on any atom is 0.308 e. The van der Waals surface area contributed by atoms with Gasteiger partial charge in [0.25, 0.3) is 0 Å². The van der Waals surface area contributed by atoms with E-state index in [2.05, 4.69) is 6.08 Å². The summed E-state index contributed by atoms with van der Waals surface area (Å²) >= 11 is 0. The molecular formula is C35H40O7. The Bertz CT molecular complexity index is 1570. The Balaban J connectivity index is 1.71. The summed E-state index contributed by atoms with van der Waals surface area (Å²) < 4.78 is 26.4. The van der Waals surface area contributed by atoms with Crippen molar-refractivity contribution in [1.82, 2.24) is 0 Å². The highest BCUT2D eigenvalue weighted by molar-refractivity contribution is 6.19. The standard InChI is InChI=1S/C35H40O7/c1-18(2)10-11-22-28-23(13-14-32(6,7)40-28)29(39-20(5)36)26-27(37)24-16-21-17-25-33(8,9)42-34(31(21)38,15-12-19(3)4)35(24,25)41-30(22)26/h10,12-14,16,21,25H,11,15,17H2,1-9H3. The first-order valence-electron chi connectivity index (χ1n) is 14.8. The Hall–Kier alpha value is -3.45. The summed E-state index contributed by atoms with van der Waals surface area (Å²) in [5.41, 5.74) is -0.112. The van der Waals surface area contributed by atoms with Crippen LogP contribution in [0.2, 0.25) is 0 Å². The highest BCUT2D eigenvalue weighted by Crippen LogP contribution is 2.68. The van der Waals surface area contributed by atoms with Gasteiger partial charge in [0.15, 0.2) is 28.5 Å². The molecule has 4 unspecified atom stereocenters. The minimum atomic E-state index is -1.37. The second kappa shape index (κ2) is 9.03. The number of allylic oxidation sites excluding steroid dienone is 4. The Labute approximate surface area is 247 Å². The van der Waals surface area contributed by atoms with E-state index in [1.807, 2.05) is 73.6 Å². The maximum atomic E-state index is 14.9. The van der Waals surface area contributed by atoms with Crippen molar-refractivity contribution in [3.8, 4) is 17.2 Å². The Kier molecular flexibility index (Phi) is 6.16. The lowest BCUT2D eigenvalue weighted by Gasteiger charge is -2.56. The predicted octanol–water partition coefficient (Wildman–Crippen LogP) is 6.67. The molecule has 3 aliphatic heterocycles. The van der Waals surface area contributed by atoms with E-state index in [4.69, 9.17) is 18.9 Å². The van der Waals surface area contributed by atoms with Crippen molar-refractivity contribution in [2.75, 3.05) is 0 Å². The molecule has 1 aromatic carbocycles. The molecule has 7 nitrogen and oxygen atoms in total. The lowest BCUT2D eigenvalue weighted by Crippen LogP contribution is -2.72. The molecule has 0 radical (unpaired) electrons. The van der Waals surface area contributed by atoms with E-state index in [9.17, 15) is 14.4 Å². The van der Waals surface area contributed by atoms with Gasteiger partial charge in [0.1, 0.15) is 22.7 Å². The highest BCUT2D eigenvalue weighted by atomic mass is 16.6. The predicted molar refractivity (Wildman–Crippen MR) is 159 cm³/mol. The quantitative estimate of drug-likeness (QED) is 0.221. The molecule has 42 heavy (non-hydrogen) atoms. The van der Waals surface area contributed by atoms with Gasteiger partial charge >= 0.3 is 5.97 Å². The van der Waals surface area contributed by atoms with Gasteiger partial charge in [-0.3, -0.25) is 14.4 Å². The van der Waals surface area contributed by atoms with E-state index >= 15 is 0 Å². The molecular weight excluding hydrogens is 532 g/mol. The molecule has 4 atom stereocenters. The lowest BCUT2D eigenvalue weighted by molar-refractivity contribution is -0.171. The van der Waals surface area contributed by atoms with Crippen LogP contribution in [0.4, 0.5) is 0 Å². The van der Waals surface area contributed by atoms with Gasteiger partial charge < -0.3 is 18.9 Å². The first-order valence-corrected chi connectivity index (χ1v) is 14.8. The number of Topliss-reactive ketones (excluding diaryl/α,β-unsaturated/α-hetero) is 2. The minimum absolute atomic E-state index is 0.0499. The van der Waals surface area contributed by atoms with Crippen LogP contribution in [0.1, 0.15) is 96.6 Å². The topological polar surface area (TPSA) is 88.1 Å². The molecule has 0 aromatic heterocycles. The molecule has 3 aliphatic carbocycles. The summed E-state index contributed by atoms with van der Waals surface area (Å²) in [7, 11) is 0. The fraction of sp³-hybridized carbons (Fsp3) is 0.514. The number of benzene rings is 1. The first-order chi connectivity index (χ1) is 19.5. The van der Waals surface area contributed by atoms with Gasteiger partial charge in [-0.25, -0.2) is 0 Å². The number of ketones is 2. The van der Waals surface area contributed by atoms with Crippen LogP contribution in [0.3, 0.4) is 0 Å². The number of fused-ring (bicyclic) bond motifs is 2. The molecule has 2 fully saturated rings. The van der Waals surface area contributed by atoms with Gasteiger partial charge in [-0.2, -0.15) is 0 Å². The third-order valence-corrected chi connectivity index (χ3v) is 9.36. The van der Waals surface area contributed by atoms with Crippen molar-refractivity contribution in [2.45, 2.75) is 104 Å². The summed E-state index contributed by atoms with van der Waals surface area (Å²) in [6.07, 6.45) is 10.9. The summed E-state index contributed by atoms with van der Waals surface area (Å²) in [5.74, 6) is -0.677. The lowest BCUT2D eigenvalue weighted by atomic mass is 9.51. The fourth-order valence-electron chi connectivity index (χ4n) is 7.64. The van der Waals surface area contributed by atoms with Crippen molar-refractivity contribution >= 4 is 23.6 Å². The number of rotatable bonds is 5. The molecule has 0 amide bonds. The van der Waals surface area contributed by atoms with Crippen molar-refractivity contribution in [2.24, 2.45) is 11.8 Å². The van der Waals surface area contributed by atoms with Crippen LogP contribution in [0.25, 0.3) is 6.08 Å². The second-order valence-corrected chi connectivity index (χ2v) is 13.9. The smallest absolute Gasteiger partial charge is 0.308 e. The number of hydrogen-bond donors (Lipinski definition) is 0. The largest absolute Gasteiger partial charge is 0.483 e. The van der Waals surface area contributed by atoms with Crippen molar-refractivity contribution in [3.63, 3.8) is 0 Å². The van der Waals surface area contributed by atoms with Crippen molar-refractivity contribution in [3.05, 3.63) is 57.7 Å². The molecule has 222 valence electrons. The monoisotopic (exact) mass is 572 g/mol. The number of ether oxygens (including phenoxy) is 4. The normalized spacial score (nSPS) is 30.3. The summed E-state index contributed by atoms with van der Waals surface area (Å²) in [5, 5.41) is 0. The van der Waals surface area contributed by atoms with E-state index in [-0.39, 0.29) is 28.8 Å². The molecule has 1 aromatic rings. The third-order valence-electron chi connectivity index (χ3n) is 9.36. The molecule has 1 spiro atoms. The van der Waals surface area contributed by atoms with Gasteiger partial charge in [-0.05, 0) is 80.4 Å². The second-order valence-electron chi connectivity index (χ2n) is 13.9. The molecule has 6 aliphatic rings. The van der Waals surface area contributed by atoms with Crippen LogP contribution in [0.5, 0.6) is 17.2 Å². The van der Waals surface area contributed by atoms with E-state index in [0.717, 1.165) is 11.1 Å².